The lowest BCUT2D eigenvalue weighted by Gasteiger charge is -2.09. The van der Waals surface area contributed by atoms with E-state index in [2.05, 4.69) is 15.3 Å². The first kappa shape index (κ1) is 13.3. The SMILES string of the molecule is CC(C)Oc1ccc(-c2csc3c(Cl)ncnc23)cc1. The van der Waals surface area contributed by atoms with Crippen LogP contribution in [0, 0.1) is 0 Å². The Kier molecular flexibility index (Phi) is 3.59. The number of nitrogens with zero attached hydrogens (tertiary/aromatic N) is 2. The first-order valence-corrected chi connectivity index (χ1v) is 7.55. The maximum atomic E-state index is 6.08. The maximum Gasteiger partial charge on any atom is 0.150 e. The van der Waals surface area contributed by atoms with Crippen LogP contribution in [0.15, 0.2) is 36.0 Å². The van der Waals surface area contributed by atoms with Crippen molar-refractivity contribution in [2.24, 2.45) is 0 Å². The molecule has 0 atom stereocenters. The molecule has 0 unspecified atom stereocenters. The molecule has 0 aliphatic carbocycles. The average Bonchev–Trinajstić information content (AvgIpc) is 2.84. The minimum Gasteiger partial charge on any atom is -0.491 e. The van der Waals surface area contributed by atoms with Crippen molar-refractivity contribution in [3.63, 3.8) is 0 Å². The van der Waals surface area contributed by atoms with Gasteiger partial charge in [0.2, 0.25) is 0 Å². The Morgan fingerprint density at radius 2 is 1.90 bits per heavy atom. The summed E-state index contributed by atoms with van der Waals surface area (Å²) in [5.74, 6) is 0.871. The van der Waals surface area contributed by atoms with Gasteiger partial charge in [-0.05, 0) is 31.5 Å². The molecule has 0 radical (unpaired) electrons. The molecule has 0 saturated carbocycles. The predicted octanol–water partition coefficient (Wildman–Crippen LogP) is 4.80. The summed E-state index contributed by atoms with van der Waals surface area (Å²) in [5.41, 5.74) is 3.07. The molecule has 0 aliphatic heterocycles. The highest BCUT2D eigenvalue weighted by molar-refractivity contribution is 7.18. The Balaban J connectivity index is 2.01. The molecule has 5 heteroatoms. The molecule has 0 spiro atoms. The van der Waals surface area contributed by atoms with Crippen LogP contribution in [0.1, 0.15) is 13.8 Å². The van der Waals surface area contributed by atoms with Crippen molar-refractivity contribution in [3.8, 4) is 16.9 Å². The van der Waals surface area contributed by atoms with E-state index in [1.54, 1.807) is 11.3 Å². The number of thiophene rings is 1. The summed E-state index contributed by atoms with van der Waals surface area (Å²) in [7, 11) is 0. The van der Waals surface area contributed by atoms with Gasteiger partial charge in [0, 0.05) is 10.9 Å². The largest absolute Gasteiger partial charge is 0.491 e. The Morgan fingerprint density at radius 3 is 2.60 bits per heavy atom. The summed E-state index contributed by atoms with van der Waals surface area (Å²) in [6, 6.07) is 8.02. The second-order valence-corrected chi connectivity index (χ2v) is 5.92. The molecule has 1 aromatic carbocycles. The van der Waals surface area contributed by atoms with E-state index in [4.69, 9.17) is 16.3 Å². The van der Waals surface area contributed by atoms with Crippen molar-refractivity contribution in [1.82, 2.24) is 9.97 Å². The zero-order valence-corrected chi connectivity index (χ0v) is 12.7. The molecule has 2 aromatic heterocycles. The molecule has 0 amide bonds. The zero-order valence-electron chi connectivity index (χ0n) is 11.1. The summed E-state index contributed by atoms with van der Waals surface area (Å²) < 4.78 is 6.57. The Hall–Kier alpha value is -1.65. The Morgan fingerprint density at radius 1 is 1.15 bits per heavy atom. The van der Waals surface area contributed by atoms with Crippen molar-refractivity contribution < 1.29 is 4.74 Å². The van der Waals surface area contributed by atoms with Gasteiger partial charge in [-0.15, -0.1) is 11.3 Å². The third kappa shape index (κ3) is 2.49. The molecule has 20 heavy (non-hydrogen) atoms. The number of fused-ring (bicyclic) bond motifs is 1. The number of ether oxygens (including phenoxy) is 1. The molecule has 0 aliphatic rings. The van der Waals surface area contributed by atoms with Gasteiger partial charge in [-0.25, -0.2) is 9.97 Å². The van der Waals surface area contributed by atoms with Gasteiger partial charge in [0.05, 0.1) is 16.3 Å². The summed E-state index contributed by atoms with van der Waals surface area (Å²) in [6.45, 7) is 4.03. The fourth-order valence-electron chi connectivity index (χ4n) is 2.01. The van der Waals surface area contributed by atoms with Gasteiger partial charge >= 0.3 is 0 Å². The predicted molar refractivity (Wildman–Crippen MR) is 83.6 cm³/mol. The normalized spacial score (nSPS) is 11.2. The van der Waals surface area contributed by atoms with Gasteiger partial charge in [-0.1, -0.05) is 23.7 Å². The van der Waals surface area contributed by atoms with Crippen LogP contribution in [0.4, 0.5) is 0 Å². The number of rotatable bonds is 3. The van der Waals surface area contributed by atoms with E-state index in [1.165, 1.54) is 6.33 Å². The fraction of sp³-hybridized carbons (Fsp3) is 0.200. The third-order valence-electron chi connectivity index (χ3n) is 2.85. The standard InChI is InChI=1S/C15H13ClN2OS/c1-9(2)19-11-5-3-10(4-6-11)12-7-20-14-13(12)17-8-18-15(14)16/h3-9H,1-2H3. The van der Waals surface area contributed by atoms with E-state index < -0.39 is 0 Å². The average molecular weight is 305 g/mol. The van der Waals surface area contributed by atoms with E-state index in [0.29, 0.717) is 5.15 Å². The first-order chi connectivity index (χ1) is 9.65. The number of hydrogen-bond donors (Lipinski definition) is 0. The summed E-state index contributed by atoms with van der Waals surface area (Å²) in [5, 5.41) is 2.56. The van der Waals surface area contributed by atoms with Gasteiger partial charge in [-0.3, -0.25) is 0 Å². The van der Waals surface area contributed by atoms with Crippen molar-refractivity contribution in [3.05, 3.63) is 41.1 Å². The van der Waals surface area contributed by atoms with Crippen LogP contribution in [0.2, 0.25) is 5.15 Å². The van der Waals surface area contributed by atoms with E-state index >= 15 is 0 Å². The molecule has 3 aromatic rings. The van der Waals surface area contributed by atoms with E-state index in [9.17, 15) is 0 Å². The van der Waals surface area contributed by atoms with Gasteiger partial charge in [0.25, 0.3) is 0 Å². The van der Waals surface area contributed by atoms with Crippen LogP contribution in [-0.4, -0.2) is 16.1 Å². The summed E-state index contributed by atoms with van der Waals surface area (Å²) in [6.07, 6.45) is 1.67. The monoisotopic (exact) mass is 304 g/mol. The number of halogens is 1. The van der Waals surface area contributed by atoms with Crippen LogP contribution in [0.3, 0.4) is 0 Å². The molecular formula is C15H13ClN2OS. The molecule has 2 heterocycles. The lowest BCUT2D eigenvalue weighted by molar-refractivity contribution is 0.242. The second kappa shape index (κ2) is 5.38. The summed E-state index contributed by atoms with van der Waals surface area (Å²) in [4.78, 5) is 8.34. The molecule has 0 saturated heterocycles. The molecular weight excluding hydrogens is 292 g/mol. The highest BCUT2D eigenvalue weighted by Crippen LogP contribution is 2.35. The number of hydrogen-bond acceptors (Lipinski definition) is 4. The topological polar surface area (TPSA) is 35.0 Å². The minimum atomic E-state index is 0.175. The molecule has 0 bridgehead atoms. The molecule has 0 fully saturated rings. The highest BCUT2D eigenvalue weighted by atomic mass is 35.5. The Bertz CT molecular complexity index is 737. The molecule has 102 valence electrons. The van der Waals surface area contributed by atoms with E-state index in [1.807, 2.05) is 38.1 Å². The minimum absolute atomic E-state index is 0.175. The Labute approximate surface area is 126 Å². The fourth-order valence-corrected chi connectivity index (χ4v) is 3.19. The lowest BCUT2D eigenvalue weighted by atomic mass is 10.1. The number of aromatic nitrogens is 2. The molecule has 0 N–H and O–H groups in total. The quantitative estimate of drug-likeness (QED) is 0.652. The highest BCUT2D eigenvalue weighted by Gasteiger charge is 2.11. The van der Waals surface area contributed by atoms with E-state index in [-0.39, 0.29) is 6.10 Å². The van der Waals surface area contributed by atoms with Crippen LogP contribution in [0.5, 0.6) is 5.75 Å². The van der Waals surface area contributed by atoms with Crippen molar-refractivity contribution >= 4 is 33.2 Å². The second-order valence-electron chi connectivity index (χ2n) is 4.68. The zero-order chi connectivity index (χ0) is 14.1. The van der Waals surface area contributed by atoms with Gasteiger partial charge in [0.1, 0.15) is 17.2 Å². The van der Waals surface area contributed by atoms with Gasteiger partial charge in [0.15, 0.2) is 0 Å². The van der Waals surface area contributed by atoms with E-state index in [0.717, 1.165) is 27.1 Å². The number of benzene rings is 1. The van der Waals surface area contributed by atoms with Crippen LogP contribution >= 0.6 is 22.9 Å². The molecule has 3 rings (SSSR count). The molecule has 3 nitrogen and oxygen atoms in total. The van der Waals surface area contributed by atoms with Crippen LogP contribution in [-0.2, 0) is 0 Å². The first-order valence-electron chi connectivity index (χ1n) is 6.30. The van der Waals surface area contributed by atoms with Gasteiger partial charge < -0.3 is 4.74 Å². The third-order valence-corrected chi connectivity index (χ3v) is 4.22. The van der Waals surface area contributed by atoms with Crippen molar-refractivity contribution in [1.29, 1.82) is 0 Å². The lowest BCUT2D eigenvalue weighted by Crippen LogP contribution is -2.05. The van der Waals surface area contributed by atoms with Crippen molar-refractivity contribution in [2.45, 2.75) is 20.0 Å². The van der Waals surface area contributed by atoms with Crippen molar-refractivity contribution in [2.75, 3.05) is 0 Å². The summed E-state index contributed by atoms with van der Waals surface area (Å²) >= 11 is 7.64. The smallest absolute Gasteiger partial charge is 0.150 e. The van der Waals surface area contributed by atoms with Crippen LogP contribution in [0.25, 0.3) is 21.3 Å². The maximum absolute atomic E-state index is 6.08. The van der Waals surface area contributed by atoms with Gasteiger partial charge in [-0.2, -0.15) is 0 Å². The van der Waals surface area contributed by atoms with Crippen LogP contribution < -0.4 is 4.74 Å².